The minimum Gasteiger partial charge on any atom is -0.318 e. The molecular formula is C15H21N3S. The lowest BCUT2D eigenvalue weighted by molar-refractivity contribution is 0.636. The van der Waals surface area contributed by atoms with Gasteiger partial charge in [-0.05, 0) is 40.0 Å². The molecular weight excluding hydrogens is 254 g/mol. The molecule has 1 aromatic heterocycles. The fraction of sp³-hybridized carbons (Fsp3) is 0.400. The molecule has 2 rings (SSSR count). The van der Waals surface area contributed by atoms with E-state index >= 15 is 0 Å². The fourth-order valence-corrected chi connectivity index (χ4v) is 2.90. The highest BCUT2D eigenvalue weighted by molar-refractivity contribution is 7.13. The van der Waals surface area contributed by atoms with Crippen LogP contribution in [0.3, 0.4) is 0 Å². The lowest BCUT2D eigenvalue weighted by Crippen LogP contribution is -2.17. The summed E-state index contributed by atoms with van der Waals surface area (Å²) in [5.41, 5.74) is 3.59. The van der Waals surface area contributed by atoms with Crippen molar-refractivity contribution in [2.45, 2.75) is 26.8 Å². The zero-order valence-corrected chi connectivity index (χ0v) is 12.8. The number of rotatable bonds is 5. The van der Waals surface area contributed by atoms with Gasteiger partial charge in [0.05, 0.1) is 5.69 Å². The minimum absolute atomic E-state index is 0.293. The van der Waals surface area contributed by atoms with Crippen LogP contribution in [0.15, 0.2) is 29.6 Å². The van der Waals surface area contributed by atoms with Crippen molar-refractivity contribution in [3.05, 3.63) is 40.9 Å². The average Bonchev–Trinajstić information content (AvgIpc) is 2.90. The van der Waals surface area contributed by atoms with Crippen molar-refractivity contribution in [1.29, 1.82) is 0 Å². The van der Waals surface area contributed by atoms with Crippen LogP contribution in [0, 0.1) is 6.92 Å². The highest BCUT2D eigenvalue weighted by Gasteiger charge is 2.13. The molecule has 0 bridgehead atoms. The Balaban J connectivity index is 2.26. The van der Waals surface area contributed by atoms with E-state index < -0.39 is 0 Å². The number of benzene rings is 1. The average molecular weight is 275 g/mol. The van der Waals surface area contributed by atoms with Gasteiger partial charge in [-0.2, -0.15) is 0 Å². The molecule has 1 heterocycles. The summed E-state index contributed by atoms with van der Waals surface area (Å²) in [4.78, 5) is 6.98. The Bertz CT molecular complexity index is 518. The predicted octanol–water partition coefficient (Wildman–Crippen LogP) is 3.89. The van der Waals surface area contributed by atoms with Crippen molar-refractivity contribution < 1.29 is 0 Å². The Kier molecular flexibility index (Phi) is 4.56. The lowest BCUT2D eigenvalue weighted by atomic mass is 10.2. The first-order chi connectivity index (χ1) is 9.15. The Morgan fingerprint density at radius 1 is 1.32 bits per heavy atom. The van der Waals surface area contributed by atoms with E-state index in [2.05, 4.69) is 60.6 Å². The molecule has 0 spiro atoms. The van der Waals surface area contributed by atoms with E-state index in [0.29, 0.717) is 6.04 Å². The van der Waals surface area contributed by atoms with Crippen LogP contribution in [-0.4, -0.2) is 18.6 Å². The second-order valence-electron chi connectivity index (χ2n) is 4.65. The summed E-state index contributed by atoms with van der Waals surface area (Å²) in [5.74, 6) is 0. The molecule has 0 saturated carbocycles. The Labute approximate surface area is 119 Å². The van der Waals surface area contributed by atoms with Gasteiger partial charge in [0.2, 0.25) is 0 Å². The zero-order valence-electron chi connectivity index (χ0n) is 12.0. The maximum Gasteiger partial charge on any atom is 0.190 e. The molecule has 2 aromatic rings. The number of nitrogens with zero attached hydrogens (tertiary/aromatic N) is 2. The summed E-state index contributed by atoms with van der Waals surface area (Å²) in [7, 11) is 1.96. The van der Waals surface area contributed by atoms with Crippen molar-refractivity contribution in [3.63, 3.8) is 0 Å². The number of thiazole rings is 1. The van der Waals surface area contributed by atoms with Crippen LogP contribution >= 0.6 is 11.3 Å². The molecule has 4 heteroatoms. The third-order valence-corrected chi connectivity index (χ3v) is 4.16. The number of hydrogen-bond acceptors (Lipinski definition) is 4. The predicted molar refractivity (Wildman–Crippen MR) is 83.4 cm³/mol. The van der Waals surface area contributed by atoms with Crippen LogP contribution in [0.2, 0.25) is 0 Å². The Morgan fingerprint density at radius 3 is 2.58 bits per heavy atom. The van der Waals surface area contributed by atoms with Crippen LogP contribution in [0.5, 0.6) is 0 Å². The molecule has 0 amide bonds. The molecule has 1 unspecified atom stereocenters. The molecule has 0 aliphatic rings. The molecule has 0 radical (unpaired) electrons. The lowest BCUT2D eigenvalue weighted by Gasteiger charge is -2.20. The highest BCUT2D eigenvalue weighted by atomic mass is 32.1. The van der Waals surface area contributed by atoms with Crippen LogP contribution in [0.1, 0.15) is 31.1 Å². The van der Waals surface area contributed by atoms with Gasteiger partial charge in [-0.1, -0.05) is 17.7 Å². The second-order valence-corrected chi connectivity index (χ2v) is 5.48. The first-order valence-electron chi connectivity index (χ1n) is 6.62. The molecule has 0 aliphatic heterocycles. The van der Waals surface area contributed by atoms with Gasteiger partial charge < -0.3 is 10.2 Å². The Morgan fingerprint density at radius 2 is 2.00 bits per heavy atom. The van der Waals surface area contributed by atoms with E-state index in [-0.39, 0.29) is 0 Å². The first-order valence-corrected chi connectivity index (χ1v) is 7.50. The van der Waals surface area contributed by atoms with Gasteiger partial charge in [0.1, 0.15) is 0 Å². The molecule has 0 aliphatic carbocycles. The molecule has 3 nitrogen and oxygen atoms in total. The molecule has 0 saturated heterocycles. The normalized spacial score (nSPS) is 12.4. The summed E-state index contributed by atoms with van der Waals surface area (Å²) in [6.45, 7) is 7.31. The Hall–Kier alpha value is -1.39. The van der Waals surface area contributed by atoms with Gasteiger partial charge in [0.15, 0.2) is 5.13 Å². The monoisotopic (exact) mass is 275 g/mol. The van der Waals surface area contributed by atoms with Crippen molar-refractivity contribution in [3.8, 4) is 0 Å². The van der Waals surface area contributed by atoms with Crippen molar-refractivity contribution in [2.75, 3.05) is 18.5 Å². The number of aromatic nitrogens is 1. The highest BCUT2D eigenvalue weighted by Crippen LogP contribution is 2.30. The summed E-state index contributed by atoms with van der Waals surface area (Å²) in [6.07, 6.45) is 0. The van der Waals surface area contributed by atoms with Gasteiger partial charge in [-0.15, -0.1) is 11.3 Å². The van der Waals surface area contributed by atoms with E-state index in [1.54, 1.807) is 11.3 Å². The molecule has 102 valence electrons. The minimum atomic E-state index is 0.293. The standard InChI is InChI=1S/C15H21N3S/c1-5-18(13-8-6-11(2)7-9-13)15-17-14(10-19-15)12(3)16-4/h6-10,12,16H,5H2,1-4H3. The van der Waals surface area contributed by atoms with Gasteiger partial charge in [-0.3, -0.25) is 0 Å². The molecule has 19 heavy (non-hydrogen) atoms. The third-order valence-electron chi connectivity index (χ3n) is 3.28. The topological polar surface area (TPSA) is 28.2 Å². The van der Waals surface area contributed by atoms with Crippen molar-refractivity contribution in [2.24, 2.45) is 0 Å². The fourth-order valence-electron chi connectivity index (χ4n) is 1.90. The molecule has 1 atom stereocenters. The summed E-state index contributed by atoms with van der Waals surface area (Å²) in [5, 5.41) is 6.42. The second kappa shape index (κ2) is 6.17. The number of hydrogen-bond donors (Lipinski definition) is 1. The van der Waals surface area contributed by atoms with Gasteiger partial charge in [0.25, 0.3) is 0 Å². The number of anilines is 2. The van der Waals surface area contributed by atoms with E-state index in [4.69, 9.17) is 4.98 Å². The van der Waals surface area contributed by atoms with E-state index in [1.807, 2.05) is 7.05 Å². The quantitative estimate of drug-likeness (QED) is 0.897. The van der Waals surface area contributed by atoms with Gasteiger partial charge in [0, 0.05) is 23.7 Å². The van der Waals surface area contributed by atoms with Crippen LogP contribution in [-0.2, 0) is 0 Å². The molecule has 0 fully saturated rings. The van der Waals surface area contributed by atoms with Crippen LogP contribution in [0.25, 0.3) is 0 Å². The van der Waals surface area contributed by atoms with E-state index in [0.717, 1.165) is 17.4 Å². The summed E-state index contributed by atoms with van der Waals surface area (Å²) < 4.78 is 0. The first kappa shape index (κ1) is 14.0. The van der Waals surface area contributed by atoms with Crippen molar-refractivity contribution in [1.82, 2.24) is 10.3 Å². The smallest absolute Gasteiger partial charge is 0.190 e. The third kappa shape index (κ3) is 3.14. The molecule has 1 aromatic carbocycles. The number of aryl methyl sites for hydroxylation is 1. The van der Waals surface area contributed by atoms with Crippen molar-refractivity contribution >= 4 is 22.2 Å². The largest absolute Gasteiger partial charge is 0.318 e. The summed E-state index contributed by atoms with van der Waals surface area (Å²) >= 11 is 1.70. The number of nitrogens with one attached hydrogen (secondary N) is 1. The van der Waals surface area contributed by atoms with Crippen LogP contribution in [0.4, 0.5) is 10.8 Å². The SMILES string of the molecule is CCN(c1ccc(C)cc1)c1nc(C(C)NC)cs1. The van der Waals surface area contributed by atoms with Crippen LogP contribution < -0.4 is 10.2 Å². The maximum atomic E-state index is 4.73. The maximum absolute atomic E-state index is 4.73. The zero-order chi connectivity index (χ0) is 13.8. The van der Waals surface area contributed by atoms with E-state index in [9.17, 15) is 0 Å². The molecule has 1 N–H and O–H groups in total. The van der Waals surface area contributed by atoms with Gasteiger partial charge >= 0.3 is 0 Å². The van der Waals surface area contributed by atoms with Gasteiger partial charge in [-0.25, -0.2) is 4.98 Å². The van der Waals surface area contributed by atoms with E-state index in [1.165, 1.54) is 11.3 Å². The summed E-state index contributed by atoms with van der Waals surface area (Å²) in [6, 6.07) is 8.88.